The highest BCUT2D eigenvalue weighted by molar-refractivity contribution is 6.32. The molecule has 4 aromatic rings. The van der Waals surface area contributed by atoms with Gasteiger partial charge in [-0.15, -0.1) is 0 Å². The standard InChI is InChI=1S/C20H13Cl/c21-16-10-11-18-17-9-5-4-8-15(17)12-19(20(18)13-16)14-6-2-1-3-7-14/h1-13H/i1D,2D,3D,6D,7D. The molecule has 0 atom stereocenters. The van der Waals surface area contributed by atoms with Crippen molar-refractivity contribution in [3.63, 3.8) is 0 Å². The van der Waals surface area contributed by atoms with Crippen molar-refractivity contribution in [3.05, 3.63) is 83.8 Å². The topological polar surface area (TPSA) is 0 Å². The number of halogens is 1. The molecule has 0 aliphatic rings. The van der Waals surface area contributed by atoms with E-state index in [1.807, 2.05) is 36.4 Å². The smallest absolute Gasteiger partial charge is 0.0629 e. The maximum Gasteiger partial charge on any atom is 0.0629 e. The van der Waals surface area contributed by atoms with E-state index in [4.69, 9.17) is 18.5 Å². The first kappa shape index (κ1) is 8.21. The van der Waals surface area contributed by atoms with Gasteiger partial charge in [0, 0.05) is 5.02 Å². The van der Waals surface area contributed by atoms with Crippen molar-refractivity contribution in [2.45, 2.75) is 0 Å². The van der Waals surface area contributed by atoms with Crippen LogP contribution in [0.5, 0.6) is 0 Å². The Labute approximate surface area is 135 Å². The molecule has 0 spiro atoms. The van der Waals surface area contributed by atoms with Crippen molar-refractivity contribution in [3.8, 4) is 11.1 Å². The molecule has 21 heavy (non-hydrogen) atoms. The second kappa shape index (κ2) is 4.91. The summed E-state index contributed by atoms with van der Waals surface area (Å²) in [7, 11) is 0. The lowest BCUT2D eigenvalue weighted by molar-refractivity contribution is 1.66. The fourth-order valence-corrected chi connectivity index (χ4v) is 2.84. The molecule has 4 aromatic carbocycles. The molecular weight excluding hydrogens is 276 g/mol. The number of hydrogen-bond acceptors (Lipinski definition) is 0. The minimum atomic E-state index is -0.396. The normalized spacial score (nSPS) is 14.4. The zero-order valence-electron chi connectivity index (χ0n) is 16.0. The molecule has 0 aromatic heterocycles. The maximum absolute atomic E-state index is 8.30. The van der Waals surface area contributed by atoms with E-state index < -0.39 is 6.04 Å². The van der Waals surface area contributed by atoms with Gasteiger partial charge in [0.2, 0.25) is 0 Å². The summed E-state index contributed by atoms with van der Waals surface area (Å²) in [5.41, 5.74) is 0.771. The second-order valence-corrected chi connectivity index (χ2v) is 5.27. The Hall–Kier alpha value is -2.31. The van der Waals surface area contributed by atoms with Crippen LogP contribution >= 0.6 is 11.6 Å². The fraction of sp³-hybridized carbons (Fsp3) is 0. The summed E-state index contributed by atoms with van der Waals surface area (Å²) in [6, 6.07) is 13.6. The lowest BCUT2D eigenvalue weighted by Crippen LogP contribution is -1.84. The number of benzene rings is 4. The lowest BCUT2D eigenvalue weighted by Gasteiger charge is -2.11. The summed E-state index contributed by atoms with van der Waals surface area (Å²) in [6.07, 6.45) is 0. The fourth-order valence-electron chi connectivity index (χ4n) is 2.67. The van der Waals surface area contributed by atoms with Crippen LogP contribution < -0.4 is 0 Å². The summed E-state index contributed by atoms with van der Waals surface area (Å²) >= 11 is 6.20. The SMILES string of the molecule is [2H]c1c([2H])c([2H])c(-c2cc3ccccc3c3ccc(Cl)cc23)c([2H])c1[2H]. The molecule has 0 N–H and O–H groups in total. The Kier molecular flexibility index (Phi) is 1.92. The average molecular weight is 294 g/mol. The van der Waals surface area contributed by atoms with Gasteiger partial charge in [-0.3, -0.25) is 0 Å². The van der Waals surface area contributed by atoms with Gasteiger partial charge >= 0.3 is 0 Å². The molecular formula is C20H13Cl. The molecule has 0 amide bonds. The van der Waals surface area contributed by atoms with Gasteiger partial charge in [0.15, 0.2) is 0 Å². The Bertz CT molecular complexity index is 1170. The van der Waals surface area contributed by atoms with Gasteiger partial charge in [-0.05, 0) is 50.9 Å². The van der Waals surface area contributed by atoms with Crippen LogP contribution in [0.2, 0.25) is 5.02 Å². The first-order valence-electron chi connectivity index (χ1n) is 9.08. The summed E-state index contributed by atoms with van der Waals surface area (Å²) in [5.74, 6) is 0. The van der Waals surface area contributed by atoms with Crippen molar-refractivity contribution in [1.29, 1.82) is 0 Å². The number of fused-ring (bicyclic) bond motifs is 3. The van der Waals surface area contributed by atoms with E-state index in [1.165, 1.54) is 0 Å². The predicted molar refractivity (Wildman–Crippen MR) is 91.9 cm³/mol. The number of rotatable bonds is 1. The molecule has 0 heterocycles. The van der Waals surface area contributed by atoms with Crippen LogP contribution in [-0.4, -0.2) is 0 Å². The van der Waals surface area contributed by atoms with Crippen LogP contribution in [0.15, 0.2) is 78.7 Å². The van der Waals surface area contributed by atoms with E-state index in [0.717, 1.165) is 21.5 Å². The highest BCUT2D eigenvalue weighted by Crippen LogP contribution is 2.36. The van der Waals surface area contributed by atoms with Crippen LogP contribution in [0.25, 0.3) is 32.7 Å². The van der Waals surface area contributed by atoms with Crippen molar-refractivity contribution < 1.29 is 6.85 Å². The molecule has 0 aliphatic heterocycles. The average Bonchev–Trinajstić information content (AvgIpc) is 2.65. The minimum absolute atomic E-state index is 0.189. The van der Waals surface area contributed by atoms with Crippen molar-refractivity contribution in [1.82, 2.24) is 0 Å². The number of hydrogen-bond donors (Lipinski definition) is 0. The highest BCUT2D eigenvalue weighted by Gasteiger charge is 2.08. The van der Waals surface area contributed by atoms with Gasteiger partial charge in [-0.2, -0.15) is 0 Å². The summed E-state index contributed by atoms with van der Waals surface area (Å²) in [5, 5.41) is 4.17. The zero-order chi connectivity index (χ0) is 18.6. The van der Waals surface area contributed by atoms with Crippen molar-refractivity contribution >= 4 is 33.1 Å². The van der Waals surface area contributed by atoms with Gasteiger partial charge in [-0.25, -0.2) is 0 Å². The summed E-state index contributed by atoms with van der Waals surface area (Å²) in [6.45, 7) is 0. The molecule has 1 heteroatoms. The van der Waals surface area contributed by atoms with Gasteiger partial charge in [0.25, 0.3) is 0 Å². The minimum Gasteiger partial charge on any atom is -0.0843 e. The van der Waals surface area contributed by atoms with Crippen LogP contribution in [0.4, 0.5) is 0 Å². The molecule has 0 fully saturated rings. The van der Waals surface area contributed by atoms with Gasteiger partial charge < -0.3 is 0 Å². The molecule has 0 saturated heterocycles. The maximum atomic E-state index is 8.30. The van der Waals surface area contributed by atoms with E-state index in [2.05, 4.69) is 0 Å². The molecule has 0 nitrogen and oxygen atoms in total. The Morgan fingerprint density at radius 1 is 0.762 bits per heavy atom. The van der Waals surface area contributed by atoms with Crippen LogP contribution in [0.3, 0.4) is 0 Å². The van der Waals surface area contributed by atoms with E-state index in [-0.39, 0.29) is 29.7 Å². The molecule has 4 rings (SSSR count). The molecule has 100 valence electrons. The third-order valence-corrected chi connectivity index (χ3v) is 3.83. The van der Waals surface area contributed by atoms with Gasteiger partial charge in [0.05, 0.1) is 6.85 Å². The molecule has 0 aliphatic carbocycles. The Morgan fingerprint density at radius 3 is 2.43 bits per heavy atom. The Balaban J connectivity index is 2.24. The second-order valence-electron chi connectivity index (χ2n) is 4.84. The third-order valence-electron chi connectivity index (χ3n) is 3.59. The molecule has 0 bridgehead atoms. The van der Waals surface area contributed by atoms with E-state index in [0.29, 0.717) is 10.6 Å². The van der Waals surface area contributed by atoms with E-state index in [1.54, 1.807) is 12.1 Å². The van der Waals surface area contributed by atoms with Gasteiger partial charge in [-0.1, -0.05) is 72.1 Å². The first-order chi connectivity index (χ1) is 12.4. The third kappa shape index (κ3) is 2.09. The quantitative estimate of drug-likeness (QED) is 0.361. The largest absolute Gasteiger partial charge is 0.0843 e. The lowest BCUT2D eigenvalue weighted by atomic mass is 9.93. The summed E-state index contributed by atoms with van der Waals surface area (Å²) < 4.78 is 40.3. The van der Waals surface area contributed by atoms with Crippen LogP contribution in [0.1, 0.15) is 6.85 Å². The van der Waals surface area contributed by atoms with Crippen molar-refractivity contribution in [2.24, 2.45) is 0 Å². The Morgan fingerprint density at radius 2 is 1.57 bits per heavy atom. The zero-order valence-corrected chi connectivity index (χ0v) is 11.8. The summed E-state index contributed by atoms with van der Waals surface area (Å²) in [4.78, 5) is 0. The predicted octanol–water partition coefficient (Wildman–Crippen LogP) is 6.31. The van der Waals surface area contributed by atoms with Gasteiger partial charge in [0.1, 0.15) is 0 Å². The molecule has 0 saturated carbocycles. The van der Waals surface area contributed by atoms with E-state index in [9.17, 15) is 0 Å². The highest BCUT2D eigenvalue weighted by atomic mass is 35.5. The first-order valence-corrected chi connectivity index (χ1v) is 6.96. The van der Waals surface area contributed by atoms with Crippen LogP contribution in [0, 0.1) is 0 Å². The molecule has 0 unspecified atom stereocenters. The monoisotopic (exact) mass is 293 g/mol. The van der Waals surface area contributed by atoms with Crippen molar-refractivity contribution in [2.75, 3.05) is 0 Å². The van der Waals surface area contributed by atoms with Crippen LogP contribution in [-0.2, 0) is 0 Å². The van der Waals surface area contributed by atoms with E-state index >= 15 is 0 Å². The molecule has 0 radical (unpaired) electrons.